The Morgan fingerprint density at radius 1 is 1.60 bits per heavy atom. The lowest BCUT2D eigenvalue weighted by atomic mass is 10.5. The molecule has 0 aromatic carbocycles. The maximum atomic E-state index is 10.9. The van der Waals surface area contributed by atoms with Crippen molar-refractivity contribution in [2.75, 3.05) is 5.75 Å². The van der Waals surface area contributed by atoms with Gasteiger partial charge in [0, 0.05) is 0 Å². The van der Waals surface area contributed by atoms with Crippen LogP contribution in [0.15, 0.2) is 16.1 Å². The van der Waals surface area contributed by atoms with Gasteiger partial charge in [-0.1, -0.05) is 11.8 Å². The number of ketones is 1. The zero-order chi connectivity index (χ0) is 10.8. The van der Waals surface area contributed by atoms with Crippen molar-refractivity contribution in [2.24, 2.45) is 0 Å². The Morgan fingerprint density at radius 2 is 2.40 bits per heavy atom. The third kappa shape index (κ3) is 2.04. The molecule has 2 rings (SSSR count). The zero-order valence-corrected chi connectivity index (χ0v) is 8.61. The van der Waals surface area contributed by atoms with Gasteiger partial charge in [0.15, 0.2) is 0 Å². The minimum atomic E-state index is -0.335. The molecule has 0 radical (unpaired) electrons. The van der Waals surface area contributed by atoms with Crippen molar-refractivity contribution < 1.29 is 4.79 Å². The number of nitrogens with one attached hydrogen (secondary N) is 1. The second-order valence-corrected chi connectivity index (χ2v) is 3.78. The summed E-state index contributed by atoms with van der Waals surface area (Å²) in [5.74, 6) is 0.622. The summed E-state index contributed by atoms with van der Waals surface area (Å²) in [5.41, 5.74) is -0.335. The molecule has 0 saturated heterocycles. The van der Waals surface area contributed by atoms with E-state index in [1.54, 1.807) is 0 Å². The molecule has 0 bridgehead atoms. The van der Waals surface area contributed by atoms with Crippen LogP contribution < -0.4 is 5.56 Å². The SMILES string of the molecule is CC(=O)CSc1nnc2[nH]c(=O)cnn12. The molecule has 8 heteroatoms. The summed E-state index contributed by atoms with van der Waals surface area (Å²) >= 11 is 1.23. The van der Waals surface area contributed by atoms with Crippen molar-refractivity contribution in [1.29, 1.82) is 0 Å². The predicted molar refractivity (Wildman–Crippen MR) is 52.8 cm³/mol. The lowest BCUT2D eigenvalue weighted by Gasteiger charge is -1.94. The van der Waals surface area contributed by atoms with Gasteiger partial charge in [-0.15, -0.1) is 10.2 Å². The highest BCUT2D eigenvalue weighted by Crippen LogP contribution is 2.13. The molecule has 0 spiro atoms. The van der Waals surface area contributed by atoms with Crippen LogP contribution in [0.25, 0.3) is 5.78 Å². The molecule has 0 aliphatic heterocycles. The van der Waals surface area contributed by atoms with Crippen LogP contribution >= 0.6 is 11.8 Å². The van der Waals surface area contributed by atoms with Crippen LogP contribution in [0.2, 0.25) is 0 Å². The van der Waals surface area contributed by atoms with Crippen molar-refractivity contribution in [3.05, 3.63) is 16.6 Å². The van der Waals surface area contributed by atoms with Crippen LogP contribution in [0.4, 0.5) is 0 Å². The van der Waals surface area contributed by atoms with Crippen molar-refractivity contribution in [3.8, 4) is 0 Å². The summed E-state index contributed by atoms with van der Waals surface area (Å²) in [7, 11) is 0. The van der Waals surface area contributed by atoms with Gasteiger partial charge in [-0.3, -0.25) is 14.6 Å². The average Bonchev–Trinajstić information content (AvgIpc) is 2.57. The summed E-state index contributed by atoms with van der Waals surface area (Å²) in [6.45, 7) is 1.49. The van der Waals surface area contributed by atoms with Crippen LogP contribution in [0.1, 0.15) is 6.92 Å². The van der Waals surface area contributed by atoms with E-state index >= 15 is 0 Å². The highest BCUT2D eigenvalue weighted by Gasteiger charge is 2.08. The topological polar surface area (TPSA) is 93.0 Å². The van der Waals surface area contributed by atoms with E-state index in [1.807, 2.05) is 0 Å². The number of aromatic nitrogens is 5. The number of hydrogen-bond acceptors (Lipinski definition) is 6. The van der Waals surface area contributed by atoms with E-state index < -0.39 is 0 Å². The highest BCUT2D eigenvalue weighted by molar-refractivity contribution is 7.99. The second-order valence-electron chi connectivity index (χ2n) is 2.84. The first-order valence-corrected chi connectivity index (χ1v) is 5.08. The predicted octanol–water partition coefficient (Wildman–Crippen LogP) is -0.506. The van der Waals surface area contributed by atoms with Crippen molar-refractivity contribution in [2.45, 2.75) is 12.1 Å². The summed E-state index contributed by atoms with van der Waals surface area (Å²) in [6, 6.07) is 0. The Hall–Kier alpha value is -1.70. The largest absolute Gasteiger partial charge is 0.299 e. The molecule has 0 aliphatic rings. The molecule has 0 saturated carbocycles. The Kier molecular flexibility index (Phi) is 2.50. The number of carbonyl (C=O) groups is 1. The summed E-state index contributed by atoms with van der Waals surface area (Å²) < 4.78 is 1.38. The van der Waals surface area contributed by atoms with Gasteiger partial charge >= 0.3 is 0 Å². The minimum Gasteiger partial charge on any atom is -0.299 e. The third-order valence-electron chi connectivity index (χ3n) is 1.54. The van der Waals surface area contributed by atoms with Crippen LogP contribution in [0.5, 0.6) is 0 Å². The number of nitrogens with zero attached hydrogens (tertiary/aromatic N) is 4. The fourth-order valence-corrected chi connectivity index (χ4v) is 1.64. The molecule has 0 aliphatic carbocycles. The van der Waals surface area contributed by atoms with Gasteiger partial charge in [-0.05, 0) is 6.92 Å². The van der Waals surface area contributed by atoms with Gasteiger partial charge in [0.1, 0.15) is 12.0 Å². The molecule has 0 unspecified atom stereocenters. The number of aromatic amines is 1. The smallest absolute Gasteiger partial charge is 0.271 e. The summed E-state index contributed by atoms with van der Waals surface area (Å²) in [6.07, 6.45) is 1.13. The molecule has 0 amide bonds. The molecule has 78 valence electrons. The fraction of sp³-hybridized carbons (Fsp3) is 0.286. The first kappa shape index (κ1) is 9.84. The Bertz CT molecular complexity index is 560. The van der Waals surface area contributed by atoms with Crippen molar-refractivity contribution in [3.63, 3.8) is 0 Å². The monoisotopic (exact) mass is 225 g/mol. The summed E-state index contributed by atoms with van der Waals surface area (Å²) in [5, 5.41) is 11.8. The molecule has 7 nitrogen and oxygen atoms in total. The Labute approximate surface area is 87.9 Å². The Balaban J connectivity index is 2.36. The number of rotatable bonds is 3. The van der Waals surface area contributed by atoms with Gasteiger partial charge in [0.25, 0.3) is 11.3 Å². The maximum Gasteiger partial charge on any atom is 0.271 e. The van der Waals surface area contributed by atoms with Crippen molar-refractivity contribution >= 4 is 23.3 Å². The molecule has 15 heavy (non-hydrogen) atoms. The quantitative estimate of drug-likeness (QED) is 0.707. The first-order chi connectivity index (χ1) is 7.16. The van der Waals surface area contributed by atoms with E-state index in [0.717, 1.165) is 6.20 Å². The van der Waals surface area contributed by atoms with E-state index in [9.17, 15) is 9.59 Å². The van der Waals surface area contributed by atoms with Crippen LogP contribution in [0, 0.1) is 0 Å². The molecular formula is C7H7N5O2S. The third-order valence-corrected chi connectivity index (χ3v) is 2.61. The molecule has 0 atom stereocenters. The van der Waals surface area contributed by atoms with Crippen molar-refractivity contribution in [1.82, 2.24) is 24.8 Å². The van der Waals surface area contributed by atoms with Crippen LogP contribution in [0.3, 0.4) is 0 Å². The molecule has 2 heterocycles. The maximum absolute atomic E-state index is 10.9. The number of fused-ring (bicyclic) bond motifs is 1. The normalized spacial score (nSPS) is 10.7. The number of carbonyl (C=O) groups excluding carboxylic acids is 1. The Morgan fingerprint density at radius 3 is 3.13 bits per heavy atom. The number of thioether (sulfide) groups is 1. The molecule has 0 fully saturated rings. The van der Waals surface area contributed by atoms with E-state index in [-0.39, 0.29) is 17.1 Å². The molecule has 2 aromatic rings. The van der Waals surface area contributed by atoms with Gasteiger partial charge in [0.2, 0.25) is 5.16 Å². The van der Waals surface area contributed by atoms with E-state index in [4.69, 9.17) is 0 Å². The fourth-order valence-electron chi connectivity index (χ4n) is 0.956. The second kappa shape index (κ2) is 3.81. The average molecular weight is 225 g/mol. The minimum absolute atomic E-state index is 0.0428. The van der Waals surface area contributed by atoms with Gasteiger partial charge < -0.3 is 0 Å². The molecular weight excluding hydrogens is 218 g/mol. The lowest BCUT2D eigenvalue weighted by Crippen LogP contribution is -2.09. The zero-order valence-electron chi connectivity index (χ0n) is 7.80. The van der Waals surface area contributed by atoms with E-state index in [0.29, 0.717) is 10.9 Å². The lowest BCUT2D eigenvalue weighted by molar-refractivity contribution is -0.114. The highest BCUT2D eigenvalue weighted by atomic mass is 32.2. The van der Waals surface area contributed by atoms with Crippen LogP contribution in [-0.2, 0) is 4.79 Å². The van der Waals surface area contributed by atoms with E-state index in [2.05, 4.69) is 20.3 Å². The first-order valence-electron chi connectivity index (χ1n) is 4.10. The number of hydrogen-bond donors (Lipinski definition) is 1. The molecule has 2 aromatic heterocycles. The van der Waals surface area contributed by atoms with Gasteiger partial charge in [0.05, 0.1) is 5.75 Å². The van der Waals surface area contributed by atoms with E-state index in [1.165, 1.54) is 23.2 Å². The standard InChI is InChI=1S/C7H7N5O2S/c1-4(13)3-15-7-11-10-6-9-5(14)2-8-12(6)7/h2H,3H2,1H3,(H,9,10,14). The van der Waals surface area contributed by atoms with Gasteiger partial charge in [-0.2, -0.15) is 9.61 Å². The van der Waals surface area contributed by atoms with Crippen LogP contribution in [-0.4, -0.2) is 36.3 Å². The molecule has 1 N–H and O–H groups in total. The number of H-pyrrole nitrogens is 1. The summed E-state index contributed by atoms with van der Waals surface area (Å²) in [4.78, 5) is 24.1. The van der Waals surface area contributed by atoms with Gasteiger partial charge in [-0.25, -0.2) is 0 Å². The number of Topliss-reactive ketones (excluding diaryl/α,β-unsaturated/α-hetero) is 1.